The fourth-order valence-corrected chi connectivity index (χ4v) is 1.23. The molecular formula is C11H19O2Zn+. The van der Waals surface area contributed by atoms with Crippen molar-refractivity contribution in [1.82, 2.24) is 0 Å². The van der Waals surface area contributed by atoms with Crippen LogP contribution in [0.4, 0.5) is 0 Å². The molecule has 0 aromatic heterocycles. The quantitative estimate of drug-likeness (QED) is 0.375. The van der Waals surface area contributed by atoms with Crippen molar-refractivity contribution in [3.05, 3.63) is 12.2 Å². The second-order valence-electron chi connectivity index (χ2n) is 3.25. The number of aliphatic carboxylic acids is 1. The van der Waals surface area contributed by atoms with E-state index >= 15 is 0 Å². The average molecular weight is 249 g/mol. The Morgan fingerprint density at radius 1 is 1.14 bits per heavy atom. The molecule has 0 radical (unpaired) electrons. The van der Waals surface area contributed by atoms with Gasteiger partial charge in [-0.05, 0) is 32.6 Å². The van der Waals surface area contributed by atoms with E-state index in [4.69, 9.17) is 0 Å². The summed E-state index contributed by atoms with van der Waals surface area (Å²) in [5.41, 5.74) is 0. The van der Waals surface area contributed by atoms with Crippen LogP contribution in [0.5, 0.6) is 0 Å². The van der Waals surface area contributed by atoms with Gasteiger partial charge in [-0.2, -0.15) is 0 Å². The number of carboxylic acid groups (broad SMARTS) is 1. The number of rotatable bonds is 8. The summed E-state index contributed by atoms with van der Waals surface area (Å²) in [7, 11) is 0. The van der Waals surface area contributed by atoms with Crippen LogP contribution in [0.15, 0.2) is 12.2 Å². The SMILES string of the molecule is C/C=C/CCCCCCCC(=O)[O-].[Zn+2]. The molecule has 2 nitrogen and oxygen atoms in total. The zero-order chi connectivity index (χ0) is 9.94. The normalized spacial score (nSPS) is 10.1. The van der Waals surface area contributed by atoms with E-state index in [0.29, 0.717) is 0 Å². The maximum atomic E-state index is 10.1. The van der Waals surface area contributed by atoms with E-state index in [-0.39, 0.29) is 25.9 Å². The minimum Gasteiger partial charge on any atom is -0.550 e. The molecule has 0 N–H and O–H groups in total. The molecule has 0 aromatic rings. The molecule has 0 aliphatic heterocycles. The molecule has 0 saturated carbocycles. The number of hydrogen-bond acceptors (Lipinski definition) is 2. The maximum absolute atomic E-state index is 10.1. The first-order valence-corrected chi connectivity index (χ1v) is 5.08. The zero-order valence-electron chi connectivity index (χ0n) is 9.13. The number of unbranched alkanes of at least 4 members (excludes halogenated alkanes) is 5. The second-order valence-corrected chi connectivity index (χ2v) is 3.25. The van der Waals surface area contributed by atoms with Crippen LogP contribution in [0.3, 0.4) is 0 Å². The minimum absolute atomic E-state index is 0. The monoisotopic (exact) mass is 247 g/mol. The Bertz CT molecular complexity index is 155. The number of carboxylic acids is 1. The van der Waals surface area contributed by atoms with Gasteiger partial charge in [-0.3, -0.25) is 0 Å². The predicted octanol–water partition coefficient (Wildman–Crippen LogP) is 2.04. The molecule has 0 unspecified atom stereocenters. The Kier molecular flexibility index (Phi) is 14.9. The summed E-state index contributed by atoms with van der Waals surface area (Å²) in [5.74, 6) is -0.922. The summed E-state index contributed by atoms with van der Waals surface area (Å²) >= 11 is 0. The molecule has 3 heteroatoms. The van der Waals surface area contributed by atoms with Crippen molar-refractivity contribution in [2.75, 3.05) is 0 Å². The van der Waals surface area contributed by atoms with Crippen LogP contribution in [0, 0.1) is 0 Å². The number of hydrogen-bond donors (Lipinski definition) is 0. The first kappa shape index (κ1) is 16.3. The molecule has 0 spiro atoms. The van der Waals surface area contributed by atoms with Gasteiger partial charge in [0.05, 0.1) is 0 Å². The number of allylic oxidation sites excluding steroid dienone is 2. The van der Waals surface area contributed by atoms with Gasteiger partial charge in [0.1, 0.15) is 0 Å². The van der Waals surface area contributed by atoms with Gasteiger partial charge in [0.25, 0.3) is 0 Å². The van der Waals surface area contributed by atoms with Crippen molar-refractivity contribution in [2.24, 2.45) is 0 Å². The minimum atomic E-state index is -0.922. The van der Waals surface area contributed by atoms with Gasteiger partial charge in [-0.15, -0.1) is 0 Å². The summed E-state index contributed by atoms with van der Waals surface area (Å²) < 4.78 is 0. The van der Waals surface area contributed by atoms with Crippen molar-refractivity contribution < 1.29 is 29.4 Å². The van der Waals surface area contributed by atoms with Gasteiger partial charge < -0.3 is 9.90 Å². The van der Waals surface area contributed by atoms with Crippen LogP contribution in [0.2, 0.25) is 0 Å². The van der Waals surface area contributed by atoms with Crippen molar-refractivity contribution in [3.8, 4) is 0 Å². The van der Waals surface area contributed by atoms with Gasteiger partial charge in [0.2, 0.25) is 0 Å². The molecule has 0 aliphatic rings. The Morgan fingerprint density at radius 3 is 2.29 bits per heavy atom. The van der Waals surface area contributed by atoms with E-state index in [1.807, 2.05) is 6.92 Å². The van der Waals surface area contributed by atoms with E-state index in [9.17, 15) is 9.90 Å². The maximum Gasteiger partial charge on any atom is 2.00 e. The molecule has 0 rings (SSSR count). The first-order chi connectivity index (χ1) is 6.27. The van der Waals surface area contributed by atoms with Crippen LogP contribution in [0.1, 0.15) is 51.9 Å². The third kappa shape index (κ3) is 14.4. The average Bonchev–Trinajstić information content (AvgIpc) is 2.09. The van der Waals surface area contributed by atoms with Crippen molar-refractivity contribution in [3.63, 3.8) is 0 Å². The summed E-state index contributed by atoms with van der Waals surface area (Å²) in [6, 6.07) is 0. The first-order valence-electron chi connectivity index (χ1n) is 5.08. The van der Waals surface area contributed by atoms with Gasteiger partial charge >= 0.3 is 19.5 Å². The van der Waals surface area contributed by atoms with Crippen molar-refractivity contribution in [1.29, 1.82) is 0 Å². The molecule has 0 fully saturated rings. The van der Waals surface area contributed by atoms with Gasteiger partial charge in [0.15, 0.2) is 0 Å². The van der Waals surface area contributed by atoms with E-state index in [0.717, 1.165) is 25.7 Å². The second kappa shape index (κ2) is 12.8. The Balaban J connectivity index is 0. The Labute approximate surface area is 99.5 Å². The third-order valence-corrected chi connectivity index (χ3v) is 1.99. The molecule has 0 atom stereocenters. The van der Waals surface area contributed by atoms with Crippen LogP contribution in [-0.4, -0.2) is 5.97 Å². The van der Waals surface area contributed by atoms with E-state index in [1.54, 1.807) is 0 Å². The summed E-state index contributed by atoms with van der Waals surface area (Å²) in [5, 5.41) is 10.1. The van der Waals surface area contributed by atoms with Crippen LogP contribution in [-0.2, 0) is 24.3 Å². The topological polar surface area (TPSA) is 40.1 Å². The number of carbonyl (C=O) groups is 1. The number of carbonyl (C=O) groups excluding carboxylic acids is 1. The predicted molar refractivity (Wildman–Crippen MR) is 52.1 cm³/mol. The van der Waals surface area contributed by atoms with Gasteiger partial charge in [-0.1, -0.05) is 31.4 Å². The molecule has 0 aliphatic carbocycles. The fourth-order valence-electron chi connectivity index (χ4n) is 1.23. The van der Waals surface area contributed by atoms with Gasteiger partial charge in [-0.25, -0.2) is 0 Å². The van der Waals surface area contributed by atoms with Gasteiger partial charge in [0, 0.05) is 5.97 Å². The molecule has 14 heavy (non-hydrogen) atoms. The molecule has 0 bridgehead atoms. The molecule has 76 valence electrons. The van der Waals surface area contributed by atoms with E-state index in [2.05, 4.69) is 12.2 Å². The van der Waals surface area contributed by atoms with Crippen LogP contribution in [0.25, 0.3) is 0 Å². The molecule has 0 saturated heterocycles. The summed E-state index contributed by atoms with van der Waals surface area (Å²) in [4.78, 5) is 10.1. The van der Waals surface area contributed by atoms with Crippen LogP contribution >= 0.6 is 0 Å². The standard InChI is InChI=1S/C11H20O2.Zn/c1-2-3-4-5-6-7-8-9-10-11(12)13;/h2-3H,4-10H2,1H3,(H,12,13);/q;+2/p-1/b3-2+;. The summed E-state index contributed by atoms with van der Waals surface area (Å²) in [6.45, 7) is 2.03. The fraction of sp³-hybridized carbons (Fsp3) is 0.727. The van der Waals surface area contributed by atoms with Crippen molar-refractivity contribution in [2.45, 2.75) is 51.9 Å². The zero-order valence-corrected chi connectivity index (χ0v) is 12.1. The largest absolute Gasteiger partial charge is 2.00 e. The summed E-state index contributed by atoms with van der Waals surface area (Å²) in [6.07, 6.45) is 11.0. The Morgan fingerprint density at radius 2 is 1.71 bits per heavy atom. The van der Waals surface area contributed by atoms with Crippen LogP contribution < -0.4 is 5.11 Å². The molecule has 0 aromatic carbocycles. The van der Waals surface area contributed by atoms with Crippen molar-refractivity contribution >= 4 is 5.97 Å². The molecule has 0 amide bonds. The molecule has 0 heterocycles. The molecular weight excluding hydrogens is 230 g/mol. The third-order valence-electron chi connectivity index (χ3n) is 1.99. The van der Waals surface area contributed by atoms with E-state index in [1.165, 1.54) is 12.8 Å². The Hall–Kier alpha value is -0.167. The smallest absolute Gasteiger partial charge is 0.550 e. The van der Waals surface area contributed by atoms with E-state index < -0.39 is 5.97 Å².